The topological polar surface area (TPSA) is 456 Å². The smallest absolute Gasteiger partial charge is 0.340 e. The van der Waals surface area contributed by atoms with E-state index in [4.69, 9.17) is 27.4 Å². The summed E-state index contributed by atoms with van der Waals surface area (Å²) < 4.78 is 12.3. The number of unbranched alkanes of at least 4 members (excludes halogenated alkanes) is 9. The number of thiocarbonyl (C=S) groups is 1. The fraction of sp³-hybridized carbons (Fsp3) is 0.538. The summed E-state index contributed by atoms with van der Waals surface area (Å²) in [6.45, 7) is 9.86. The summed E-state index contributed by atoms with van der Waals surface area (Å²) in [6, 6.07) is 4.44. The van der Waals surface area contributed by atoms with Gasteiger partial charge in [0, 0.05) is 93.0 Å². The Morgan fingerprint density at radius 1 is 0.631 bits per heavy atom. The highest BCUT2D eigenvalue weighted by atomic mass is 32.1. The van der Waals surface area contributed by atoms with Gasteiger partial charge in [0.1, 0.15) is 65.3 Å². The van der Waals surface area contributed by atoms with Crippen molar-refractivity contribution in [2.75, 3.05) is 57.7 Å². The van der Waals surface area contributed by atoms with E-state index in [-0.39, 0.29) is 111 Å². The number of likely N-dealkylation sites (tertiary alicyclic amines) is 3. The number of carbonyl (C=O) groups is 13. The number of amides is 10. The first kappa shape index (κ1) is 85.9. The van der Waals surface area contributed by atoms with E-state index in [2.05, 4.69) is 45.1 Å². The second kappa shape index (κ2) is 40.8. The van der Waals surface area contributed by atoms with Gasteiger partial charge in [0.2, 0.25) is 59.1 Å². The molecule has 0 unspecified atom stereocenters. The number of carboxylic acids is 2. The molecular weight excluding hydrogens is 1460 g/mol. The maximum atomic E-state index is 14.6. The number of phenolic OH excluding ortho intramolecular Hbond substituents is 2. The van der Waals surface area contributed by atoms with Gasteiger partial charge in [-0.25, -0.2) is 4.79 Å². The minimum Gasteiger partial charge on any atom is -0.508 e. The number of allylic oxidation sites excluding steroid dienone is 2. The normalized spacial score (nSPS) is 17.7. The molecule has 8 atom stereocenters. The van der Waals surface area contributed by atoms with Gasteiger partial charge in [0.25, 0.3) is 0 Å². The minimum atomic E-state index is -1.71. The van der Waals surface area contributed by atoms with Crippen LogP contribution in [0.1, 0.15) is 189 Å². The monoisotopic (exact) mass is 1560 g/mol. The molecule has 3 aromatic carbocycles. The van der Waals surface area contributed by atoms with E-state index in [1.807, 2.05) is 6.08 Å². The van der Waals surface area contributed by atoms with Crippen molar-refractivity contribution in [3.8, 4) is 23.0 Å². The van der Waals surface area contributed by atoms with Crippen LogP contribution in [0.15, 0.2) is 79.9 Å². The van der Waals surface area contributed by atoms with Crippen molar-refractivity contribution < 1.29 is 97.3 Å². The van der Waals surface area contributed by atoms with Crippen LogP contribution in [0.3, 0.4) is 0 Å². The minimum absolute atomic E-state index is 0.0134. The zero-order valence-electron chi connectivity index (χ0n) is 62.9. The number of esters is 1. The Labute approximate surface area is 649 Å². The molecule has 0 radical (unpaired) electrons. The van der Waals surface area contributed by atoms with Gasteiger partial charge in [0.15, 0.2) is 10.7 Å². The van der Waals surface area contributed by atoms with E-state index in [1.165, 1.54) is 57.7 Å². The molecule has 0 aromatic heterocycles. The van der Waals surface area contributed by atoms with E-state index in [0.717, 1.165) is 49.8 Å². The SMILES string of the molecule is C=CCCCCCCN(CC(=O)N[C@@H](CCC(=O)O)C(=O)N1CCC[C@H]1C(=O)N[C@H](C(=O)N[C@@H](C)C(=O)N1CCC[C@H]1C(=O)N1CCC[C@H]1C(=O)N[C@@H](CCC(=O)O)C(=O)N(CCCCCCC=C)CC(N)=O)[C@@H](C)O)C(=O)CCCCNC(=S)Nc1ccc2c(c1)C1(OC2=O)c2ccc(O)cc2Oc2cc(O)ccc21. The largest absolute Gasteiger partial charge is 0.508 e. The Bertz CT molecular complexity index is 3920. The maximum absolute atomic E-state index is 14.6. The number of nitrogens with zero attached hydrogens (tertiary/aromatic N) is 5. The maximum Gasteiger partial charge on any atom is 0.340 e. The summed E-state index contributed by atoms with van der Waals surface area (Å²) in [4.78, 5) is 184. The van der Waals surface area contributed by atoms with Crippen molar-refractivity contribution >= 4 is 100.0 Å². The highest BCUT2D eigenvalue weighted by Gasteiger charge is 2.54. The van der Waals surface area contributed by atoms with Gasteiger partial charge in [-0.2, -0.15) is 0 Å². The number of carboxylic acid groups (broad SMARTS) is 2. The summed E-state index contributed by atoms with van der Waals surface area (Å²) in [7, 11) is 0. The van der Waals surface area contributed by atoms with Crippen LogP contribution in [0.4, 0.5) is 5.69 Å². The number of aliphatic hydroxyl groups excluding tert-OH is 1. The third-order valence-electron chi connectivity index (χ3n) is 20.5. The van der Waals surface area contributed by atoms with Crippen molar-refractivity contribution in [2.24, 2.45) is 5.73 Å². The van der Waals surface area contributed by atoms with Crippen LogP contribution in [0.2, 0.25) is 0 Å². The fourth-order valence-electron chi connectivity index (χ4n) is 14.9. The van der Waals surface area contributed by atoms with Crippen LogP contribution >= 0.6 is 12.2 Å². The highest BCUT2D eigenvalue weighted by Crippen LogP contribution is 2.57. The van der Waals surface area contributed by atoms with Crippen LogP contribution in [0.25, 0.3) is 0 Å². The molecule has 5 aliphatic rings. The average molecular weight is 1560 g/mol. The molecule has 3 saturated heterocycles. The molecule has 0 saturated carbocycles. The number of hydrogen-bond donors (Lipinski definition) is 12. The van der Waals surface area contributed by atoms with Crippen LogP contribution in [-0.4, -0.2) is 233 Å². The Hall–Kier alpha value is -10.7. The summed E-state index contributed by atoms with van der Waals surface area (Å²) >= 11 is 5.67. The van der Waals surface area contributed by atoms with Crippen LogP contribution in [-0.2, 0) is 67.9 Å². The summed E-state index contributed by atoms with van der Waals surface area (Å²) in [5, 5.41) is 67.9. The van der Waals surface area contributed by atoms with Crippen molar-refractivity contribution in [3.63, 3.8) is 0 Å². The lowest BCUT2D eigenvalue weighted by Crippen LogP contribution is -2.61. The average Bonchev–Trinajstić information content (AvgIpc) is 1.59. The van der Waals surface area contributed by atoms with Crippen molar-refractivity contribution in [3.05, 3.63) is 102 Å². The standard InChI is InChI=1S/C78H104N12O20S/c1-5-7-9-11-13-17-37-86(65(96)25-15-16-36-80-77(111)82-49-26-29-52-55(42-49)78(110-76(52)108)53-30-27-50(92)43-61(53)109-62-44-51(93)28-31-54(62)78)46-64(95)83-57(33-35-67(99)100)74(106)88-39-19-23-59(88)70(102)85-68(48(4)91)71(103)81-47(3)72(104)90-41-21-24-60(90)75(107)89-40-20-22-58(89)69(101)84-56(32-34-66(97)98)73(105)87(45-63(79)94)38-18-14-12-10-8-6-2/h5-6,26-31,42-44,47-48,56-60,68,91-93H,1-2,7-25,32-41,45-46H2,3-4H3,(H2,79,94)(H,81,103)(H,83,95)(H,84,101)(H,85,102)(H,97,98)(H,99,100)(H2,80,82,111)/t47-,48+,56-,57-,58-,59-,60-,68-/m0/s1. The van der Waals surface area contributed by atoms with E-state index in [0.29, 0.717) is 73.9 Å². The molecule has 5 heterocycles. The number of carbonyl (C=O) groups excluding carboxylic acids is 11. The number of benzene rings is 3. The van der Waals surface area contributed by atoms with Crippen LogP contribution in [0.5, 0.6) is 23.0 Å². The van der Waals surface area contributed by atoms with Gasteiger partial charge >= 0.3 is 17.9 Å². The van der Waals surface area contributed by atoms with Crippen LogP contribution in [0, 0.1) is 0 Å². The molecule has 0 aliphatic carbocycles. The molecule has 3 aromatic rings. The number of fused-ring (bicyclic) bond motifs is 6. The van der Waals surface area contributed by atoms with Crippen molar-refractivity contribution in [2.45, 2.75) is 216 Å². The molecule has 32 nitrogen and oxygen atoms in total. The highest BCUT2D eigenvalue weighted by molar-refractivity contribution is 7.80. The van der Waals surface area contributed by atoms with Gasteiger partial charge in [0.05, 0.1) is 24.8 Å². The van der Waals surface area contributed by atoms with E-state index in [1.54, 1.807) is 36.4 Å². The number of anilines is 1. The number of phenols is 2. The predicted molar refractivity (Wildman–Crippen MR) is 408 cm³/mol. The predicted octanol–water partition coefficient (Wildman–Crippen LogP) is 4.58. The number of hydrogen-bond acceptors (Lipinski definition) is 19. The molecule has 3 fully saturated rings. The van der Waals surface area contributed by atoms with Gasteiger partial charge in [-0.3, -0.25) is 57.5 Å². The summed E-state index contributed by atoms with van der Waals surface area (Å²) in [5.74, 6) is -10.3. The number of nitrogens with one attached hydrogen (secondary N) is 6. The number of aliphatic hydroxyl groups is 1. The number of primary amides is 1. The second-order valence-electron chi connectivity index (χ2n) is 28.7. The van der Waals surface area contributed by atoms with Gasteiger partial charge in [-0.1, -0.05) is 37.8 Å². The van der Waals surface area contributed by atoms with Gasteiger partial charge < -0.3 is 97.1 Å². The van der Waals surface area contributed by atoms with E-state index >= 15 is 0 Å². The first-order chi connectivity index (χ1) is 53.1. The first-order valence-electron chi connectivity index (χ1n) is 38.1. The zero-order chi connectivity index (χ0) is 80.6. The summed E-state index contributed by atoms with van der Waals surface area (Å²) in [6.07, 6.45) is 9.92. The Balaban J connectivity index is 0.844. The molecule has 602 valence electrons. The van der Waals surface area contributed by atoms with Crippen molar-refractivity contribution in [1.29, 1.82) is 0 Å². The van der Waals surface area contributed by atoms with Crippen molar-refractivity contribution in [1.82, 2.24) is 51.1 Å². The summed E-state index contributed by atoms with van der Waals surface area (Å²) in [5.41, 5.74) is 6.11. The molecule has 0 bridgehead atoms. The Kier molecular flexibility index (Phi) is 31.6. The fourth-order valence-corrected chi connectivity index (χ4v) is 15.1. The molecule has 33 heteroatoms. The molecule has 1 spiro atoms. The molecule has 8 rings (SSSR count). The first-order valence-corrected chi connectivity index (χ1v) is 38.6. The molecular formula is C78H104N12O20S. The molecule has 5 aliphatic heterocycles. The third kappa shape index (κ3) is 22.7. The number of ether oxygens (including phenoxy) is 2. The van der Waals surface area contributed by atoms with Gasteiger partial charge in [-0.05, 0) is 171 Å². The lowest BCUT2D eigenvalue weighted by molar-refractivity contribution is -0.148. The third-order valence-corrected chi connectivity index (χ3v) is 20.7. The quantitative estimate of drug-likeness (QED) is 0.0160. The lowest BCUT2D eigenvalue weighted by Gasteiger charge is -2.36. The van der Waals surface area contributed by atoms with Gasteiger partial charge in [-0.15, -0.1) is 13.2 Å². The number of aliphatic carboxylic acids is 2. The molecule has 10 amide bonds. The second-order valence-corrected chi connectivity index (χ2v) is 29.1. The lowest BCUT2D eigenvalue weighted by atomic mass is 9.77. The Morgan fingerprint density at radius 3 is 1.77 bits per heavy atom. The van der Waals surface area contributed by atoms with Crippen LogP contribution < -0.4 is 42.4 Å². The van der Waals surface area contributed by atoms with E-state index in [9.17, 15) is 87.9 Å². The number of rotatable bonds is 42. The number of nitrogens with two attached hydrogens (primary N) is 1. The molecule has 111 heavy (non-hydrogen) atoms. The Morgan fingerprint density at radius 2 is 1.18 bits per heavy atom. The molecule has 13 N–H and O–H groups in total. The van der Waals surface area contributed by atoms with E-state index < -0.39 is 157 Å². The zero-order valence-corrected chi connectivity index (χ0v) is 63.7. The number of aromatic hydroxyl groups is 2.